The smallest absolute Gasteiger partial charge is 0.244 e. The van der Waals surface area contributed by atoms with E-state index in [9.17, 15) is 4.79 Å². The lowest BCUT2D eigenvalue weighted by Crippen LogP contribution is -2.44. The Kier molecular flexibility index (Phi) is 8.55. The van der Waals surface area contributed by atoms with E-state index in [1.807, 2.05) is 17.9 Å². The number of fused-ring (bicyclic) bond motifs is 1. The number of carbonyl (C=O) groups excluding carboxylic acids is 1. The van der Waals surface area contributed by atoms with Gasteiger partial charge >= 0.3 is 0 Å². The predicted molar refractivity (Wildman–Crippen MR) is 122 cm³/mol. The van der Waals surface area contributed by atoms with Crippen LogP contribution in [0.15, 0.2) is 29.3 Å². The summed E-state index contributed by atoms with van der Waals surface area (Å²) in [4.78, 5) is 19.3. The Labute approximate surface area is 181 Å². The highest BCUT2D eigenvalue weighted by Gasteiger charge is 2.33. The summed E-state index contributed by atoms with van der Waals surface area (Å²) in [5.74, 6) is 0.833. The highest BCUT2D eigenvalue weighted by Crippen LogP contribution is 2.40. The molecule has 1 fully saturated rings. The first-order chi connectivity index (χ1) is 14.7. The van der Waals surface area contributed by atoms with Crippen LogP contribution in [0.1, 0.15) is 57.1 Å². The van der Waals surface area contributed by atoms with E-state index in [4.69, 9.17) is 4.74 Å². The third kappa shape index (κ3) is 6.21. The molecule has 2 N–H and O–H groups in total. The zero-order chi connectivity index (χ0) is 21.2. The molecule has 0 saturated heterocycles. The number of hydrogen-bond donors (Lipinski definition) is 2. The van der Waals surface area contributed by atoms with Crippen LogP contribution in [0.4, 0.5) is 0 Å². The lowest BCUT2D eigenvalue weighted by Gasteiger charge is -2.30. The van der Waals surface area contributed by atoms with Gasteiger partial charge < -0.3 is 20.3 Å². The molecule has 1 amide bonds. The normalized spacial score (nSPS) is 18.2. The summed E-state index contributed by atoms with van der Waals surface area (Å²) in [5, 5.41) is 6.82. The topological polar surface area (TPSA) is 66.0 Å². The van der Waals surface area contributed by atoms with Gasteiger partial charge in [-0.3, -0.25) is 4.79 Å². The molecule has 0 atom stereocenters. The van der Waals surface area contributed by atoms with Crippen molar-refractivity contribution in [2.45, 2.75) is 58.9 Å². The molecule has 1 saturated carbocycles. The molecule has 166 valence electrons. The van der Waals surface area contributed by atoms with Gasteiger partial charge in [-0.15, -0.1) is 0 Å². The van der Waals surface area contributed by atoms with Crippen molar-refractivity contribution in [3.05, 3.63) is 35.4 Å². The van der Waals surface area contributed by atoms with Crippen LogP contribution in [0.25, 0.3) is 0 Å². The van der Waals surface area contributed by atoms with Crippen LogP contribution < -0.4 is 10.6 Å². The maximum absolute atomic E-state index is 12.8. The van der Waals surface area contributed by atoms with Crippen molar-refractivity contribution in [1.29, 1.82) is 0 Å². The minimum atomic E-state index is 0.0913. The molecule has 0 unspecified atom stereocenters. The average molecular weight is 415 g/mol. The van der Waals surface area contributed by atoms with Crippen molar-refractivity contribution in [2.75, 3.05) is 39.4 Å². The fraction of sp³-hybridized carbons (Fsp3) is 0.667. The van der Waals surface area contributed by atoms with Gasteiger partial charge in [0.25, 0.3) is 0 Å². The Morgan fingerprint density at radius 2 is 1.93 bits per heavy atom. The van der Waals surface area contributed by atoms with Crippen LogP contribution >= 0.6 is 0 Å². The number of nitrogens with zero attached hydrogens (tertiary/aromatic N) is 2. The van der Waals surface area contributed by atoms with Crippen molar-refractivity contribution in [1.82, 2.24) is 15.5 Å². The van der Waals surface area contributed by atoms with Gasteiger partial charge in [0, 0.05) is 39.4 Å². The standard InChI is InChI=1S/C24H38N4O2/c1-3-25-23(27-19-24(12-7-8-13-24)14-16-30-4-2)26-17-22(29)28-15-11-20-9-5-6-10-21(20)18-28/h5-6,9-10H,3-4,7-8,11-19H2,1-2H3,(H2,25,26,27). The number of nitrogens with one attached hydrogen (secondary N) is 2. The SMILES string of the molecule is CCNC(=NCC(=O)N1CCc2ccccc2C1)NCC1(CCOCC)CCCC1. The maximum Gasteiger partial charge on any atom is 0.244 e. The third-order valence-electron chi connectivity index (χ3n) is 6.48. The first-order valence-corrected chi connectivity index (χ1v) is 11.6. The summed E-state index contributed by atoms with van der Waals surface area (Å²) in [5.41, 5.74) is 2.89. The van der Waals surface area contributed by atoms with E-state index in [0.717, 1.165) is 51.6 Å². The Hall–Kier alpha value is -2.08. The number of hydrogen-bond acceptors (Lipinski definition) is 3. The molecule has 0 bridgehead atoms. The molecule has 6 nitrogen and oxygen atoms in total. The third-order valence-corrected chi connectivity index (χ3v) is 6.48. The molecule has 2 aliphatic rings. The quantitative estimate of drug-likeness (QED) is 0.370. The molecular weight excluding hydrogens is 376 g/mol. The second-order valence-electron chi connectivity index (χ2n) is 8.54. The second kappa shape index (κ2) is 11.3. The van der Waals surface area contributed by atoms with Crippen LogP contribution in [0, 0.1) is 5.41 Å². The molecule has 0 spiro atoms. The molecule has 1 aromatic rings. The Balaban J connectivity index is 1.54. The number of rotatable bonds is 9. The fourth-order valence-electron chi connectivity index (χ4n) is 4.64. The van der Waals surface area contributed by atoms with Gasteiger partial charge in [0.15, 0.2) is 5.96 Å². The van der Waals surface area contributed by atoms with Gasteiger partial charge in [0.05, 0.1) is 0 Å². The van der Waals surface area contributed by atoms with E-state index in [-0.39, 0.29) is 17.9 Å². The van der Waals surface area contributed by atoms with Crippen molar-refractivity contribution >= 4 is 11.9 Å². The molecule has 30 heavy (non-hydrogen) atoms. The molecule has 1 aromatic carbocycles. The molecule has 6 heteroatoms. The zero-order valence-electron chi connectivity index (χ0n) is 18.7. The Bertz CT molecular complexity index is 713. The van der Waals surface area contributed by atoms with E-state index < -0.39 is 0 Å². The maximum atomic E-state index is 12.8. The fourth-order valence-corrected chi connectivity index (χ4v) is 4.64. The second-order valence-corrected chi connectivity index (χ2v) is 8.54. The van der Waals surface area contributed by atoms with E-state index in [1.165, 1.54) is 36.8 Å². The minimum Gasteiger partial charge on any atom is -0.382 e. The number of guanidine groups is 1. The van der Waals surface area contributed by atoms with Crippen LogP contribution in [0.3, 0.4) is 0 Å². The summed E-state index contributed by atoms with van der Waals surface area (Å²) in [6, 6.07) is 8.39. The van der Waals surface area contributed by atoms with Gasteiger partial charge in [0.2, 0.25) is 5.91 Å². The Morgan fingerprint density at radius 3 is 2.67 bits per heavy atom. The van der Waals surface area contributed by atoms with Crippen LogP contribution in [0.5, 0.6) is 0 Å². The van der Waals surface area contributed by atoms with Crippen molar-refractivity contribution in [3.63, 3.8) is 0 Å². The van der Waals surface area contributed by atoms with Crippen LogP contribution in [-0.4, -0.2) is 56.2 Å². The predicted octanol–water partition coefficient (Wildman–Crippen LogP) is 3.11. The number of carbonyl (C=O) groups is 1. The molecule has 1 aliphatic heterocycles. The lowest BCUT2D eigenvalue weighted by molar-refractivity contribution is -0.130. The first-order valence-electron chi connectivity index (χ1n) is 11.6. The van der Waals surface area contributed by atoms with Crippen LogP contribution in [-0.2, 0) is 22.5 Å². The minimum absolute atomic E-state index is 0.0913. The summed E-state index contributed by atoms with van der Waals surface area (Å²) in [6.07, 6.45) is 7.05. The first kappa shape index (κ1) is 22.6. The van der Waals surface area contributed by atoms with Gasteiger partial charge in [-0.05, 0) is 56.1 Å². The van der Waals surface area contributed by atoms with Gasteiger partial charge in [-0.2, -0.15) is 0 Å². The monoisotopic (exact) mass is 414 g/mol. The highest BCUT2D eigenvalue weighted by molar-refractivity contribution is 5.85. The van der Waals surface area contributed by atoms with Gasteiger partial charge in [-0.25, -0.2) is 4.99 Å². The average Bonchev–Trinajstić information content (AvgIpc) is 3.24. The Morgan fingerprint density at radius 1 is 1.17 bits per heavy atom. The zero-order valence-corrected chi connectivity index (χ0v) is 18.7. The molecule has 0 radical (unpaired) electrons. The van der Waals surface area contributed by atoms with Crippen molar-refractivity contribution < 1.29 is 9.53 Å². The number of aliphatic imine (C=N–C) groups is 1. The van der Waals surface area contributed by atoms with E-state index in [2.05, 4.69) is 40.7 Å². The summed E-state index contributed by atoms with van der Waals surface area (Å²) in [6.45, 7) is 9.01. The lowest BCUT2D eigenvalue weighted by atomic mass is 9.83. The van der Waals surface area contributed by atoms with E-state index in [0.29, 0.717) is 6.54 Å². The van der Waals surface area contributed by atoms with E-state index in [1.54, 1.807) is 0 Å². The summed E-state index contributed by atoms with van der Waals surface area (Å²) < 4.78 is 5.62. The molecule has 1 aliphatic carbocycles. The summed E-state index contributed by atoms with van der Waals surface area (Å²) in [7, 11) is 0. The number of ether oxygens (including phenoxy) is 1. The highest BCUT2D eigenvalue weighted by atomic mass is 16.5. The molecule has 1 heterocycles. The number of benzene rings is 1. The van der Waals surface area contributed by atoms with Gasteiger partial charge in [-0.1, -0.05) is 37.1 Å². The van der Waals surface area contributed by atoms with Crippen LogP contribution in [0.2, 0.25) is 0 Å². The van der Waals surface area contributed by atoms with Crippen molar-refractivity contribution in [2.24, 2.45) is 10.4 Å². The van der Waals surface area contributed by atoms with Gasteiger partial charge in [0.1, 0.15) is 6.54 Å². The molecular formula is C24H38N4O2. The largest absolute Gasteiger partial charge is 0.382 e. The number of amides is 1. The molecule has 0 aromatic heterocycles. The summed E-state index contributed by atoms with van der Waals surface area (Å²) >= 11 is 0. The van der Waals surface area contributed by atoms with E-state index >= 15 is 0 Å². The van der Waals surface area contributed by atoms with Crippen molar-refractivity contribution in [3.8, 4) is 0 Å². The molecule has 3 rings (SSSR count).